The summed E-state index contributed by atoms with van der Waals surface area (Å²) in [4.78, 5) is 55.7. The molecule has 1 rings (SSSR count). The number of carbonyl (C=O) groups is 4. The van der Waals surface area contributed by atoms with Crippen LogP contribution in [0.2, 0.25) is 0 Å². The van der Waals surface area contributed by atoms with Crippen LogP contribution < -0.4 is 27.8 Å². The predicted octanol–water partition coefficient (Wildman–Crippen LogP) is -0.885. The first-order valence-electron chi connectivity index (χ1n) is 11.9. The van der Waals surface area contributed by atoms with E-state index in [1.54, 1.807) is 20.8 Å². The van der Waals surface area contributed by atoms with E-state index in [0.29, 0.717) is 45.2 Å². The Morgan fingerprint density at radius 2 is 1.76 bits per heavy atom. The smallest absolute Gasteiger partial charge is 0.326 e. The monoisotopic (exact) mass is 483 g/mol. The summed E-state index contributed by atoms with van der Waals surface area (Å²) in [5.41, 5.74) is 16.6. The van der Waals surface area contributed by atoms with Gasteiger partial charge >= 0.3 is 5.97 Å². The van der Waals surface area contributed by atoms with Gasteiger partial charge in [0, 0.05) is 13.1 Å². The molecule has 12 heteroatoms. The van der Waals surface area contributed by atoms with Gasteiger partial charge in [0.15, 0.2) is 5.96 Å². The molecule has 0 radical (unpaired) electrons. The molecule has 0 spiro atoms. The van der Waals surface area contributed by atoms with Gasteiger partial charge in [0.25, 0.3) is 0 Å². The third-order valence-electron chi connectivity index (χ3n) is 6.15. The standard InChI is InChI=1S/C22H41N7O5/c1-5-13(4)17(21(33)34)28-19(31)16(12(2)3)27-18(30)15-9-7-11-29(15)20(32)14(23)8-6-10-26-22(24)25/h12-17H,5-11,23H2,1-4H3,(H,27,30)(H,28,31)(H,33,34)(H4,24,25,26). The first-order valence-corrected chi connectivity index (χ1v) is 11.9. The summed E-state index contributed by atoms with van der Waals surface area (Å²) in [6.45, 7) is 7.84. The molecule has 0 aliphatic carbocycles. The summed E-state index contributed by atoms with van der Waals surface area (Å²) in [6.07, 6.45) is 2.55. The van der Waals surface area contributed by atoms with E-state index in [-0.39, 0.29) is 23.7 Å². The van der Waals surface area contributed by atoms with Crippen LogP contribution in [0, 0.1) is 11.8 Å². The number of aliphatic carboxylic acids is 1. The molecule has 0 bridgehead atoms. The zero-order chi connectivity index (χ0) is 26.0. The van der Waals surface area contributed by atoms with Crippen molar-refractivity contribution < 1.29 is 24.3 Å². The van der Waals surface area contributed by atoms with Crippen LogP contribution in [-0.2, 0) is 19.2 Å². The highest BCUT2D eigenvalue weighted by Gasteiger charge is 2.38. The largest absolute Gasteiger partial charge is 0.480 e. The van der Waals surface area contributed by atoms with E-state index >= 15 is 0 Å². The molecule has 34 heavy (non-hydrogen) atoms. The summed E-state index contributed by atoms with van der Waals surface area (Å²) in [5, 5.41) is 14.7. The maximum atomic E-state index is 13.1. The molecule has 0 aromatic rings. The molecule has 5 atom stereocenters. The van der Waals surface area contributed by atoms with Gasteiger partial charge in [-0.25, -0.2) is 4.79 Å². The minimum absolute atomic E-state index is 0.0289. The number of rotatable bonds is 13. The summed E-state index contributed by atoms with van der Waals surface area (Å²) in [6, 6.07) is -3.53. The topological polar surface area (TPSA) is 206 Å². The lowest BCUT2D eigenvalue weighted by Gasteiger charge is -2.30. The second-order valence-electron chi connectivity index (χ2n) is 9.19. The van der Waals surface area contributed by atoms with Gasteiger partial charge in [-0.05, 0) is 37.5 Å². The van der Waals surface area contributed by atoms with Crippen molar-refractivity contribution in [2.45, 2.75) is 84.0 Å². The van der Waals surface area contributed by atoms with Crippen molar-refractivity contribution in [2.24, 2.45) is 34.0 Å². The van der Waals surface area contributed by atoms with E-state index in [1.165, 1.54) is 4.90 Å². The lowest BCUT2D eigenvalue weighted by Crippen LogP contribution is -2.58. The first kappa shape index (κ1) is 29.1. The molecule has 12 nitrogen and oxygen atoms in total. The number of hydrogen-bond donors (Lipinski definition) is 6. The Morgan fingerprint density at radius 3 is 2.29 bits per heavy atom. The van der Waals surface area contributed by atoms with Crippen molar-refractivity contribution in [1.82, 2.24) is 15.5 Å². The molecule has 0 saturated carbocycles. The molecule has 0 aromatic heterocycles. The summed E-state index contributed by atoms with van der Waals surface area (Å²) in [5.74, 6) is -3.08. The fourth-order valence-corrected chi connectivity index (χ4v) is 3.87. The van der Waals surface area contributed by atoms with Crippen molar-refractivity contribution >= 4 is 29.7 Å². The molecule has 0 aromatic carbocycles. The molecule has 1 aliphatic heterocycles. The number of likely N-dealkylation sites (tertiary alicyclic amines) is 1. The molecule has 194 valence electrons. The predicted molar refractivity (Wildman–Crippen MR) is 128 cm³/mol. The highest BCUT2D eigenvalue weighted by atomic mass is 16.4. The van der Waals surface area contributed by atoms with Crippen molar-refractivity contribution in [1.29, 1.82) is 0 Å². The molecule has 1 saturated heterocycles. The number of nitrogens with two attached hydrogens (primary N) is 3. The third kappa shape index (κ3) is 8.47. The Bertz CT molecular complexity index is 754. The SMILES string of the molecule is CCC(C)C(NC(=O)C(NC(=O)C1CCCN1C(=O)C(N)CCCN=C(N)N)C(C)C)C(=O)O. The van der Waals surface area contributed by atoms with Crippen LogP contribution in [0.1, 0.15) is 59.8 Å². The minimum atomic E-state index is -1.13. The number of nitrogens with zero attached hydrogens (tertiary/aromatic N) is 2. The molecular weight excluding hydrogens is 442 g/mol. The van der Waals surface area contributed by atoms with E-state index < -0.39 is 42.0 Å². The van der Waals surface area contributed by atoms with E-state index in [4.69, 9.17) is 17.2 Å². The Kier molecular flexibility index (Phi) is 11.8. The second kappa shape index (κ2) is 13.7. The Labute approximate surface area is 201 Å². The number of carboxylic acid groups (broad SMARTS) is 1. The average Bonchev–Trinajstić information content (AvgIpc) is 3.26. The highest BCUT2D eigenvalue weighted by Crippen LogP contribution is 2.20. The van der Waals surface area contributed by atoms with Gasteiger partial charge in [-0.15, -0.1) is 0 Å². The van der Waals surface area contributed by atoms with Crippen molar-refractivity contribution in [3.63, 3.8) is 0 Å². The van der Waals surface area contributed by atoms with Crippen LogP contribution in [0.3, 0.4) is 0 Å². The maximum absolute atomic E-state index is 13.1. The Balaban J connectivity index is 2.82. The lowest BCUT2D eigenvalue weighted by molar-refractivity contribution is -0.144. The number of guanidine groups is 1. The Hall–Kier alpha value is -2.89. The van der Waals surface area contributed by atoms with Gasteiger partial charge in [-0.1, -0.05) is 34.1 Å². The molecule has 1 heterocycles. The third-order valence-corrected chi connectivity index (χ3v) is 6.15. The zero-order valence-electron chi connectivity index (χ0n) is 20.6. The summed E-state index contributed by atoms with van der Waals surface area (Å²) >= 11 is 0. The van der Waals surface area contributed by atoms with Gasteiger partial charge < -0.3 is 37.8 Å². The van der Waals surface area contributed by atoms with Gasteiger partial charge in [0.2, 0.25) is 17.7 Å². The molecule has 5 unspecified atom stereocenters. The van der Waals surface area contributed by atoms with Crippen LogP contribution >= 0.6 is 0 Å². The number of carbonyl (C=O) groups excluding carboxylic acids is 3. The van der Waals surface area contributed by atoms with Crippen molar-refractivity contribution in [3.8, 4) is 0 Å². The van der Waals surface area contributed by atoms with Crippen LogP contribution in [0.4, 0.5) is 0 Å². The number of hydrogen-bond acceptors (Lipinski definition) is 6. The molecule has 1 fully saturated rings. The number of carboxylic acids is 1. The van der Waals surface area contributed by atoms with E-state index in [2.05, 4.69) is 15.6 Å². The minimum Gasteiger partial charge on any atom is -0.480 e. The Morgan fingerprint density at radius 1 is 1.12 bits per heavy atom. The number of amides is 3. The van der Waals surface area contributed by atoms with Gasteiger partial charge in [-0.3, -0.25) is 19.4 Å². The van der Waals surface area contributed by atoms with Gasteiger partial charge in [0.1, 0.15) is 18.1 Å². The molecule has 9 N–H and O–H groups in total. The average molecular weight is 484 g/mol. The van der Waals surface area contributed by atoms with Crippen LogP contribution in [0.5, 0.6) is 0 Å². The van der Waals surface area contributed by atoms with Crippen LogP contribution in [-0.4, -0.2) is 76.9 Å². The summed E-state index contributed by atoms with van der Waals surface area (Å²) < 4.78 is 0. The molecule has 3 amide bonds. The number of nitrogens with one attached hydrogen (secondary N) is 2. The van der Waals surface area contributed by atoms with E-state index in [0.717, 1.165) is 0 Å². The van der Waals surface area contributed by atoms with E-state index in [9.17, 15) is 24.3 Å². The first-order chi connectivity index (χ1) is 15.9. The van der Waals surface area contributed by atoms with Gasteiger partial charge in [-0.2, -0.15) is 0 Å². The maximum Gasteiger partial charge on any atom is 0.326 e. The van der Waals surface area contributed by atoms with Gasteiger partial charge in [0.05, 0.1) is 6.04 Å². The zero-order valence-corrected chi connectivity index (χ0v) is 20.6. The van der Waals surface area contributed by atoms with Crippen LogP contribution in [0.15, 0.2) is 4.99 Å². The van der Waals surface area contributed by atoms with Crippen molar-refractivity contribution in [2.75, 3.05) is 13.1 Å². The molecular formula is C22H41N7O5. The van der Waals surface area contributed by atoms with Crippen LogP contribution in [0.25, 0.3) is 0 Å². The normalized spacial score (nSPS) is 19.1. The molecule has 1 aliphatic rings. The lowest BCUT2D eigenvalue weighted by atomic mass is 9.97. The fraction of sp³-hybridized carbons (Fsp3) is 0.773. The van der Waals surface area contributed by atoms with E-state index in [1.807, 2.05) is 6.92 Å². The quantitative estimate of drug-likeness (QED) is 0.110. The summed E-state index contributed by atoms with van der Waals surface area (Å²) in [7, 11) is 0. The fourth-order valence-electron chi connectivity index (χ4n) is 3.87. The second-order valence-corrected chi connectivity index (χ2v) is 9.19. The number of aliphatic imine (C=N–C) groups is 1. The van der Waals surface area contributed by atoms with Crippen molar-refractivity contribution in [3.05, 3.63) is 0 Å². The highest BCUT2D eigenvalue weighted by molar-refractivity contribution is 5.94.